The Bertz CT molecular complexity index is 1560. The van der Waals surface area contributed by atoms with Crippen molar-refractivity contribution >= 4 is 41.0 Å². The Morgan fingerprint density at radius 2 is 1.71 bits per heavy atom. The van der Waals surface area contributed by atoms with Gasteiger partial charge < -0.3 is 15.4 Å². The predicted molar refractivity (Wildman–Crippen MR) is 174 cm³/mol. The molecular formula is C35H39Cl2N3O5. The third-order valence-electron chi connectivity index (χ3n) is 8.95. The van der Waals surface area contributed by atoms with Crippen LogP contribution in [0, 0.1) is 0 Å². The second-order valence-corrected chi connectivity index (χ2v) is 13.0. The second-order valence-electron chi connectivity index (χ2n) is 12.2. The van der Waals surface area contributed by atoms with Gasteiger partial charge in [0.25, 0.3) is 11.8 Å². The number of hydrogen-bond donors (Lipinski definition) is 2. The molecular weight excluding hydrogens is 613 g/mol. The van der Waals surface area contributed by atoms with Crippen molar-refractivity contribution in [3.8, 4) is 0 Å². The van der Waals surface area contributed by atoms with Crippen molar-refractivity contribution in [2.45, 2.75) is 82.5 Å². The van der Waals surface area contributed by atoms with Crippen molar-refractivity contribution < 1.29 is 24.0 Å². The smallest absolute Gasteiger partial charge is 0.315 e. The van der Waals surface area contributed by atoms with Gasteiger partial charge in [0.1, 0.15) is 0 Å². The first kappa shape index (κ1) is 32.9. The summed E-state index contributed by atoms with van der Waals surface area (Å²) in [5.74, 6) is -1.73. The first-order valence-corrected chi connectivity index (χ1v) is 16.1. The number of hydrogen-bond acceptors (Lipinski definition) is 6. The highest BCUT2D eigenvalue weighted by Crippen LogP contribution is 2.47. The summed E-state index contributed by atoms with van der Waals surface area (Å²) in [7, 11) is 0. The van der Waals surface area contributed by atoms with Gasteiger partial charge in [-0.05, 0) is 74.1 Å². The number of rotatable bonds is 9. The molecule has 1 aliphatic heterocycles. The summed E-state index contributed by atoms with van der Waals surface area (Å²) < 4.78 is 5.22. The van der Waals surface area contributed by atoms with Crippen molar-refractivity contribution in [1.29, 1.82) is 0 Å². The van der Waals surface area contributed by atoms with Gasteiger partial charge in [0.05, 0.1) is 30.6 Å². The average molecular weight is 653 g/mol. The highest BCUT2D eigenvalue weighted by Gasteiger charge is 2.48. The van der Waals surface area contributed by atoms with Crippen molar-refractivity contribution in [3.63, 3.8) is 0 Å². The number of benzene rings is 3. The van der Waals surface area contributed by atoms with Crippen LogP contribution in [-0.4, -0.2) is 41.4 Å². The Balaban J connectivity index is 1.43. The van der Waals surface area contributed by atoms with Gasteiger partial charge in [-0.25, -0.2) is 5.48 Å². The van der Waals surface area contributed by atoms with E-state index in [4.69, 9.17) is 38.5 Å². The molecule has 8 nitrogen and oxygen atoms in total. The summed E-state index contributed by atoms with van der Waals surface area (Å²) in [6.07, 6.45) is 3.43. The van der Waals surface area contributed by atoms with E-state index in [9.17, 15) is 14.4 Å². The van der Waals surface area contributed by atoms with Crippen LogP contribution in [0.25, 0.3) is 0 Å². The summed E-state index contributed by atoms with van der Waals surface area (Å²) in [6, 6.07) is 18.4. The highest BCUT2D eigenvalue weighted by atomic mass is 35.5. The molecule has 2 aliphatic rings. The van der Waals surface area contributed by atoms with E-state index in [1.807, 2.05) is 44.2 Å². The summed E-state index contributed by atoms with van der Waals surface area (Å²) in [4.78, 5) is 48.2. The van der Waals surface area contributed by atoms with Gasteiger partial charge in [0, 0.05) is 27.7 Å². The molecule has 0 radical (unpaired) electrons. The molecule has 0 bridgehead atoms. The molecule has 45 heavy (non-hydrogen) atoms. The molecule has 1 aliphatic carbocycles. The fraction of sp³-hybridized carbons (Fsp3) is 0.400. The fourth-order valence-corrected chi connectivity index (χ4v) is 6.98. The van der Waals surface area contributed by atoms with Gasteiger partial charge in [0.15, 0.2) is 0 Å². The van der Waals surface area contributed by atoms with E-state index in [0.717, 1.165) is 36.8 Å². The molecule has 3 N–H and O–H groups in total. The zero-order chi connectivity index (χ0) is 32.3. The van der Waals surface area contributed by atoms with Crippen molar-refractivity contribution in [2.75, 3.05) is 6.61 Å². The van der Waals surface area contributed by atoms with Crippen LogP contribution in [0.2, 0.25) is 10.0 Å². The molecule has 10 heteroatoms. The number of hydroxylamine groups is 1. The van der Waals surface area contributed by atoms with Crippen LogP contribution in [0.15, 0.2) is 66.7 Å². The number of halogens is 2. The zero-order valence-corrected chi connectivity index (χ0v) is 27.2. The molecule has 1 saturated carbocycles. The van der Waals surface area contributed by atoms with Gasteiger partial charge >= 0.3 is 5.97 Å². The minimum Gasteiger partial charge on any atom is -0.465 e. The molecule has 3 aromatic rings. The van der Waals surface area contributed by atoms with E-state index >= 15 is 0 Å². The van der Waals surface area contributed by atoms with Gasteiger partial charge in [-0.3, -0.25) is 19.2 Å². The summed E-state index contributed by atoms with van der Waals surface area (Å²) >= 11 is 13.0. The largest absolute Gasteiger partial charge is 0.465 e. The van der Waals surface area contributed by atoms with Crippen molar-refractivity contribution in [2.24, 2.45) is 5.73 Å². The van der Waals surface area contributed by atoms with Crippen molar-refractivity contribution in [1.82, 2.24) is 10.4 Å². The van der Waals surface area contributed by atoms with Gasteiger partial charge in [-0.2, -0.15) is 0 Å². The van der Waals surface area contributed by atoms with Crippen LogP contribution in [0.5, 0.6) is 0 Å². The van der Waals surface area contributed by atoms with Crippen LogP contribution < -0.4 is 11.2 Å². The van der Waals surface area contributed by atoms with E-state index in [1.165, 1.54) is 0 Å². The third kappa shape index (κ3) is 6.75. The normalized spacial score (nSPS) is 21.6. The summed E-state index contributed by atoms with van der Waals surface area (Å²) in [5.41, 5.74) is 11.7. The first-order chi connectivity index (χ1) is 21.5. The van der Waals surface area contributed by atoms with E-state index in [-0.39, 0.29) is 30.6 Å². The SMILES string of the molecule is CCOC(=O)C(C)(C)c1ccc(CONC(=O)[C@@H]2c3ccccc3C(=O)N([C@H]3CCCC[C@@H]3N)[C@H]2c2ccc(Cl)cc2Cl)cc1. The minimum absolute atomic E-state index is 0.0860. The molecule has 3 aromatic carbocycles. The maximum absolute atomic E-state index is 14.2. The number of ether oxygens (including phenoxy) is 1. The van der Waals surface area contributed by atoms with Crippen LogP contribution >= 0.6 is 23.2 Å². The monoisotopic (exact) mass is 651 g/mol. The number of nitrogens with zero attached hydrogens (tertiary/aromatic N) is 1. The standard InChI is InChI=1S/C35H39Cl2N3O5/c1-4-44-34(43)35(2,3)22-15-13-21(14-16-22)20-45-39-32(41)30-24-9-5-6-10-25(24)33(42)40(29-12-8-7-11-28(29)38)31(30)26-18-17-23(36)19-27(26)37/h5-6,9-10,13-19,28-31H,4,7-8,11-12,20,38H2,1-3H3,(H,39,41)/t28-,29-,30+,31-/m0/s1. The number of fused-ring (bicyclic) bond motifs is 1. The lowest BCUT2D eigenvalue weighted by Crippen LogP contribution is -2.57. The Morgan fingerprint density at radius 3 is 2.40 bits per heavy atom. The Kier molecular flexibility index (Phi) is 10.2. The quantitative estimate of drug-likeness (QED) is 0.198. The third-order valence-corrected chi connectivity index (χ3v) is 9.51. The molecule has 238 valence electrons. The van der Waals surface area contributed by atoms with Gasteiger partial charge in [0.2, 0.25) is 0 Å². The molecule has 4 atom stereocenters. The van der Waals surface area contributed by atoms with Gasteiger partial charge in [-0.1, -0.05) is 84.6 Å². The first-order valence-electron chi connectivity index (χ1n) is 15.3. The average Bonchev–Trinajstić information content (AvgIpc) is 3.02. The number of nitrogens with one attached hydrogen (secondary N) is 1. The molecule has 0 aromatic heterocycles. The zero-order valence-electron chi connectivity index (χ0n) is 25.7. The second kappa shape index (κ2) is 13.9. The van der Waals surface area contributed by atoms with Crippen LogP contribution in [0.3, 0.4) is 0 Å². The maximum atomic E-state index is 14.2. The van der Waals surface area contributed by atoms with E-state index in [1.54, 1.807) is 48.2 Å². The number of esters is 1. The number of amides is 2. The molecule has 0 unspecified atom stereocenters. The lowest BCUT2D eigenvalue weighted by atomic mass is 9.76. The summed E-state index contributed by atoms with van der Waals surface area (Å²) in [5, 5.41) is 0.812. The van der Waals surface area contributed by atoms with E-state index < -0.39 is 23.3 Å². The molecule has 1 heterocycles. The molecule has 0 saturated heterocycles. The maximum Gasteiger partial charge on any atom is 0.315 e. The lowest BCUT2D eigenvalue weighted by Gasteiger charge is -2.48. The number of nitrogens with two attached hydrogens (primary N) is 1. The van der Waals surface area contributed by atoms with Gasteiger partial charge in [-0.15, -0.1) is 0 Å². The van der Waals surface area contributed by atoms with Crippen LogP contribution in [0.1, 0.15) is 91.0 Å². The predicted octanol–water partition coefficient (Wildman–Crippen LogP) is 6.63. The summed E-state index contributed by atoms with van der Waals surface area (Å²) in [6.45, 7) is 5.81. The molecule has 2 amide bonds. The van der Waals surface area contributed by atoms with E-state index in [0.29, 0.717) is 33.3 Å². The number of carbonyl (C=O) groups excluding carboxylic acids is 3. The van der Waals surface area contributed by atoms with Crippen LogP contribution in [-0.2, 0) is 31.2 Å². The minimum atomic E-state index is -0.834. The van der Waals surface area contributed by atoms with Crippen LogP contribution in [0.4, 0.5) is 0 Å². The Labute approximate surface area is 274 Å². The Morgan fingerprint density at radius 1 is 1.00 bits per heavy atom. The topological polar surface area (TPSA) is 111 Å². The lowest BCUT2D eigenvalue weighted by molar-refractivity contribution is -0.148. The fourth-order valence-electron chi connectivity index (χ4n) is 6.46. The molecule has 5 rings (SSSR count). The van der Waals surface area contributed by atoms with Crippen molar-refractivity contribution in [3.05, 3.63) is 105 Å². The van der Waals surface area contributed by atoms with E-state index in [2.05, 4.69) is 5.48 Å². The Hall–Kier alpha value is -3.43. The number of carbonyl (C=O) groups is 3. The highest BCUT2D eigenvalue weighted by molar-refractivity contribution is 6.35. The molecule has 0 spiro atoms. The molecule has 1 fully saturated rings.